The summed E-state index contributed by atoms with van der Waals surface area (Å²) in [6.45, 7) is 1.02. The number of nitrogens with one attached hydrogen (secondary N) is 3. The molecule has 0 saturated heterocycles. The quantitative estimate of drug-likeness (QED) is 0.452. The summed E-state index contributed by atoms with van der Waals surface area (Å²) in [4.78, 5) is 16.1. The number of halogens is 1. The molecule has 1 aromatic heterocycles. The number of nitrogens with zero attached hydrogens (tertiary/aromatic N) is 1. The van der Waals surface area contributed by atoms with Gasteiger partial charge in [-0.25, -0.2) is 4.39 Å². The summed E-state index contributed by atoms with van der Waals surface area (Å²) in [5.41, 5.74) is 2.53. The number of amides is 1. The summed E-state index contributed by atoms with van der Waals surface area (Å²) in [5.74, 6) is 0.317. The van der Waals surface area contributed by atoms with Crippen LogP contribution < -0.4 is 16.0 Å². The zero-order chi connectivity index (χ0) is 19.8. The second-order valence-electron chi connectivity index (χ2n) is 6.04. The van der Waals surface area contributed by atoms with Crippen LogP contribution in [0.2, 0.25) is 0 Å². The zero-order valence-electron chi connectivity index (χ0n) is 15.4. The monoisotopic (exact) mass is 380 g/mol. The first kappa shape index (κ1) is 19.2. The van der Waals surface area contributed by atoms with Gasteiger partial charge in [-0.05, 0) is 47.5 Å². The fourth-order valence-electron chi connectivity index (χ4n) is 2.55. The van der Waals surface area contributed by atoms with Crippen molar-refractivity contribution in [3.63, 3.8) is 0 Å². The van der Waals surface area contributed by atoms with E-state index in [0.717, 1.165) is 11.1 Å². The summed E-state index contributed by atoms with van der Waals surface area (Å²) >= 11 is 0. The van der Waals surface area contributed by atoms with Crippen LogP contribution in [0.1, 0.15) is 21.7 Å². The Labute approximate surface area is 162 Å². The number of aliphatic imine (C=N–C) groups is 1. The molecular weight excluding hydrogens is 359 g/mol. The average Bonchev–Trinajstić information content (AvgIpc) is 3.24. The smallest absolute Gasteiger partial charge is 0.291 e. The van der Waals surface area contributed by atoms with Crippen LogP contribution >= 0.6 is 0 Å². The van der Waals surface area contributed by atoms with Gasteiger partial charge in [0, 0.05) is 25.8 Å². The van der Waals surface area contributed by atoms with E-state index in [-0.39, 0.29) is 17.5 Å². The van der Waals surface area contributed by atoms with E-state index in [0.29, 0.717) is 24.7 Å². The van der Waals surface area contributed by atoms with Crippen molar-refractivity contribution in [2.45, 2.75) is 13.1 Å². The predicted molar refractivity (Wildman–Crippen MR) is 107 cm³/mol. The number of guanidine groups is 1. The second kappa shape index (κ2) is 9.36. The van der Waals surface area contributed by atoms with Crippen molar-refractivity contribution in [1.29, 1.82) is 0 Å². The molecule has 1 heterocycles. The van der Waals surface area contributed by atoms with Gasteiger partial charge in [-0.15, -0.1) is 0 Å². The van der Waals surface area contributed by atoms with Gasteiger partial charge in [-0.2, -0.15) is 0 Å². The lowest BCUT2D eigenvalue weighted by molar-refractivity contribution is 0.0996. The lowest BCUT2D eigenvalue weighted by Gasteiger charge is -2.12. The van der Waals surface area contributed by atoms with E-state index < -0.39 is 0 Å². The Hall–Kier alpha value is -3.61. The van der Waals surface area contributed by atoms with E-state index in [1.165, 1.54) is 18.4 Å². The van der Waals surface area contributed by atoms with Gasteiger partial charge >= 0.3 is 0 Å². The number of benzene rings is 2. The second-order valence-corrected chi connectivity index (χ2v) is 6.04. The van der Waals surface area contributed by atoms with E-state index in [4.69, 9.17) is 4.42 Å². The SMILES string of the molecule is CN=C(NCc1ccc(NC(=O)c2ccco2)cc1)NCc1cccc(F)c1. The highest BCUT2D eigenvalue weighted by atomic mass is 19.1. The van der Waals surface area contributed by atoms with E-state index in [1.54, 1.807) is 25.2 Å². The summed E-state index contributed by atoms with van der Waals surface area (Å²) in [6.07, 6.45) is 1.46. The maximum atomic E-state index is 13.2. The fourth-order valence-corrected chi connectivity index (χ4v) is 2.55. The molecular formula is C21H21FN4O2. The number of hydrogen-bond acceptors (Lipinski definition) is 3. The molecule has 3 N–H and O–H groups in total. The molecule has 3 aromatic rings. The van der Waals surface area contributed by atoms with Gasteiger partial charge in [0.1, 0.15) is 5.82 Å². The van der Waals surface area contributed by atoms with Gasteiger partial charge in [0.2, 0.25) is 0 Å². The normalized spacial score (nSPS) is 11.1. The minimum atomic E-state index is -0.294. The summed E-state index contributed by atoms with van der Waals surface area (Å²) < 4.78 is 18.3. The van der Waals surface area contributed by atoms with Crippen molar-refractivity contribution >= 4 is 17.6 Å². The molecule has 0 spiro atoms. The maximum Gasteiger partial charge on any atom is 0.291 e. The van der Waals surface area contributed by atoms with Crippen LogP contribution in [0.25, 0.3) is 0 Å². The summed E-state index contributed by atoms with van der Waals surface area (Å²) in [7, 11) is 1.67. The number of anilines is 1. The minimum Gasteiger partial charge on any atom is -0.459 e. The number of furan rings is 1. The Balaban J connectivity index is 1.48. The van der Waals surface area contributed by atoms with Crippen molar-refractivity contribution in [3.05, 3.63) is 89.6 Å². The molecule has 0 aliphatic carbocycles. The van der Waals surface area contributed by atoms with Crippen LogP contribution in [0.3, 0.4) is 0 Å². The molecule has 1 amide bonds. The van der Waals surface area contributed by atoms with Crippen LogP contribution in [0.15, 0.2) is 76.3 Å². The van der Waals surface area contributed by atoms with Crippen LogP contribution in [0, 0.1) is 5.82 Å². The molecule has 144 valence electrons. The Morgan fingerprint density at radius 3 is 2.39 bits per heavy atom. The number of rotatable bonds is 6. The highest BCUT2D eigenvalue weighted by Crippen LogP contribution is 2.12. The van der Waals surface area contributed by atoms with Crippen molar-refractivity contribution < 1.29 is 13.6 Å². The molecule has 0 bridgehead atoms. The van der Waals surface area contributed by atoms with Gasteiger partial charge in [-0.1, -0.05) is 24.3 Å². The third-order valence-corrected chi connectivity index (χ3v) is 3.99. The largest absolute Gasteiger partial charge is 0.459 e. The standard InChI is InChI=1S/C21H21FN4O2/c1-23-21(25-14-16-4-2-5-17(22)12-16)24-13-15-7-9-18(10-8-15)26-20(27)19-6-3-11-28-19/h2-12H,13-14H2,1H3,(H,26,27)(H2,23,24,25). The summed E-state index contributed by atoms with van der Waals surface area (Å²) in [5, 5.41) is 9.11. The minimum absolute atomic E-state index is 0.263. The molecule has 0 aliphatic heterocycles. The Morgan fingerprint density at radius 2 is 1.75 bits per heavy atom. The Kier molecular flexibility index (Phi) is 6.41. The first-order chi connectivity index (χ1) is 13.6. The topological polar surface area (TPSA) is 78.7 Å². The van der Waals surface area contributed by atoms with Crippen molar-refractivity contribution in [2.24, 2.45) is 4.99 Å². The van der Waals surface area contributed by atoms with Crippen molar-refractivity contribution in [1.82, 2.24) is 10.6 Å². The molecule has 0 aliphatic rings. The van der Waals surface area contributed by atoms with Crippen LogP contribution in [0.4, 0.5) is 10.1 Å². The van der Waals surface area contributed by atoms with Crippen molar-refractivity contribution in [2.75, 3.05) is 12.4 Å². The number of carbonyl (C=O) groups is 1. The third-order valence-electron chi connectivity index (χ3n) is 3.99. The molecule has 0 radical (unpaired) electrons. The van der Waals surface area contributed by atoms with E-state index >= 15 is 0 Å². The van der Waals surface area contributed by atoms with E-state index in [2.05, 4.69) is 20.9 Å². The van der Waals surface area contributed by atoms with Crippen molar-refractivity contribution in [3.8, 4) is 0 Å². The van der Waals surface area contributed by atoms with Crippen LogP contribution in [0.5, 0.6) is 0 Å². The molecule has 2 aromatic carbocycles. The molecule has 7 heteroatoms. The molecule has 28 heavy (non-hydrogen) atoms. The summed E-state index contributed by atoms with van der Waals surface area (Å²) in [6, 6.07) is 17.1. The zero-order valence-corrected chi connectivity index (χ0v) is 15.4. The van der Waals surface area contributed by atoms with Gasteiger partial charge in [0.05, 0.1) is 6.26 Å². The average molecular weight is 380 g/mol. The van der Waals surface area contributed by atoms with Gasteiger partial charge in [-0.3, -0.25) is 9.79 Å². The molecule has 3 rings (SSSR count). The van der Waals surface area contributed by atoms with Crippen LogP contribution in [-0.2, 0) is 13.1 Å². The first-order valence-electron chi connectivity index (χ1n) is 8.77. The lowest BCUT2D eigenvalue weighted by atomic mass is 10.2. The molecule has 0 atom stereocenters. The van der Waals surface area contributed by atoms with Gasteiger partial charge < -0.3 is 20.4 Å². The molecule has 6 nitrogen and oxygen atoms in total. The van der Waals surface area contributed by atoms with Gasteiger partial charge in [0.25, 0.3) is 5.91 Å². The Bertz CT molecular complexity index is 937. The third kappa shape index (κ3) is 5.44. The molecule has 0 saturated carbocycles. The fraction of sp³-hybridized carbons (Fsp3) is 0.143. The van der Waals surface area contributed by atoms with E-state index in [1.807, 2.05) is 30.3 Å². The first-order valence-corrected chi connectivity index (χ1v) is 8.77. The highest BCUT2D eigenvalue weighted by molar-refractivity contribution is 6.02. The van der Waals surface area contributed by atoms with E-state index in [9.17, 15) is 9.18 Å². The molecule has 0 fully saturated rings. The predicted octanol–water partition coefficient (Wildman–Crippen LogP) is 3.54. The molecule has 0 unspecified atom stereocenters. The number of carbonyl (C=O) groups excluding carboxylic acids is 1. The maximum absolute atomic E-state index is 13.2. The lowest BCUT2D eigenvalue weighted by Crippen LogP contribution is -2.36. The van der Waals surface area contributed by atoms with Gasteiger partial charge in [0.15, 0.2) is 11.7 Å². The highest BCUT2D eigenvalue weighted by Gasteiger charge is 2.08. The van der Waals surface area contributed by atoms with Crippen LogP contribution in [-0.4, -0.2) is 18.9 Å². The Morgan fingerprint density at radius 1 is 1.00 bits per heavy atom. The number of hydrogen-bond donors (Lipinski definition) is 3.